The summed E-state index contributed by atoms with van der Waals surface area (Å²) in [5.74, 6) is -0.393. The molecule has 156 valence electrons. The number of methoxy groups -OCH3 is 2. The molecule has 3 N–H and O–H groups in total. The minimum atomic E-state index is -0.999. The molecule has 0 spiro atoms. The van der Waals surface area contributed by atoms with Gasteiger partial charge in [-0.15, -0.1) is 0 Å². The maximum atomic E-state index is 12.4. The van der Waals surface area contributed by atoms with Gasteiger partial charge in [-0.2, -0.15) is 5.26 Å². The van der Waals surface area contributed by atoms with Crippen molar-refractivity contribution in [3.8, 4) is 17.6 Å². The Balaban J connectivity index is 1.99. The minimum Gasteiger partial charge on any atom is -0.493 e. The third kappa shape index (κ3) is 5.75. The molecule has 1 unspecified atom stereocenters. The molecule has 0 aromatic heterocycles. The zero-order valence-corrected chi connectivity index (χ0v) is 16.9. The lowest BCUT2D eigenvalue weighted by Crippen LogP contribution is -2.28. The van der Waals surface area contributed by atoms with Crippen molar-refractivity contribution in [2.75, 3.05) is 14.2 Å². The Labute approximate surface area is 174 Å². The molecule has 30 heavy (non-hydrogen) atoms. The summed E-state index contributed by atoms with van der Waals surface area (Å²) in [6.07, 6.45) is 1.34. The number of hydrogen-bond donors (Lipinski definition) is 3. The quantitative estimate of drug-likeness (QED) is 0.430. The molecule has 1 amide bonds. The summed E-state index contributed by atoms with van der Waals surface area (Å²) in [7, 11) is 3.07. The number of rotatable bonds is 9. The van der Waals surface area contributed by atoms with Gasteiger partial charge in [-0.1, -0.05) is 18.2 Å². The SMILES string of the molecule is COc1ccc(C(C)NC(=O)/C(C#N)=C\NCc2ccc(C(=O)O)cc2)cc1OC. The topological polar surface area (TPSA) is 121 Å². The van der Waals surface area contributed by atoms with Crippen LogP contribution >= 0.6 is 0 Å². The van der Waals surface area contributed by atoms with Crippen LogP contribution in [0.1, 0.15) is 34.5 Å². The van der Waals surface area contributed by atoms with E-state index in [9.17, 15) is 14.9 Å². The van der Waals surface area contributed by atoms with Gasteiger partial charge in [0.05, 0.1) is 25.8 Å². The van der Waals surface area contributed by atoms with Crippen molar-refractivity contribution < 1.29 is 24.2 Å². The molecule has 0 heterocycles. The lowest BCUT2D eigenvalue weighted by molar-refractivity contribution is -0.117. The normalized spacial score (nSPS) is 11.7. The second-order valence-corrected chi connectivity index (χ2v) is 6.36. The third-order valence-corrected chi connectivity index (χ3v) is 4.37. The van der Waals surface area contributed by atoms with Gasteiger partial charge in [0.15, 0.2) is 11.5 Å². The second kappa shape index (κ2) is 10.5. The van der Waals surface area contributed by atoms with Crippen molar-refractivity contribution in [1.82, 2.24) is 10.6 Å². The average Bonchev–Trinajstić information content (AvgIpc) is 2.76. The first kappa shape index (κ1) is 22.3. The van der Waals surface area contributed by atoms with Gasteiger partial charge in [-0.25, -0.2) is 4.79 Å². The van der Waals surface area contributed by atoms with Crippen LogP contribution in [-0.4, -0.2) is 31.2 Å². The Morgan fingerprint density at radius 2 is 1.80 bits per heavy atom. The number of ether oxygens (including phenoxy) is 2. The van der Waals surface area contributed by atoms with Crippen LogP contribution in [0.5, 0.6) is 11.5 Å². The van der Waals surface area contributed by atoms with Crippen molar-refractivity contribution in [1.29, 1.82) is 5.26 Å². The number of hydrogen-bond acceptors (Lipinski definition) is 6. The molecular weight excluding hydrogens is 386 g/mol. The van der Waals surface area contributed by atoms with E-state index < -0.39 is 11.9 Å². The van der Waals surface area contributed by atoms with Crippen LogP contribution in [0.25, 0.3) is 0 Å². The van der Waals surface area contributed by atoms with E-state index in [1.54, 1.807) is 44.4 Å². The number of amides is 1. The molecule has 0 aliphatic rings. The Hall–Kier alpha value is -3.99. The summed E-state index contributed by atoms with van der Waals surface area (Å²) in [4.78, 5) is 23.3. The zero-order valence-electron chi connectivity index (χ0n) is 16.9. The molecule has 0 aliphatic heterocycles. The maximum Gasteiger partial charge on any atom is 0.335 e. The second-order valence-electron chi connectivity index (χ2n) is 6.36. The fraction of sp³-hybridized carbons (Fsp3) is 0.227. The number of carbonyl (C=O) groups excluding carboxylic acids is 1. The lowest BCUT2D eigenvalue weighted by atomic mass is 10.1. The molecule has 0 fully saturated rings. The third-order valence-electron chi connectivity index (χ3n) is 4.37. The van der Waals surface area contributed by atoms with Gasteiger partial charge in [-0.3, -0.25) is 4.79 Å². The highest BCUT2D eigenvalue weighted by Crippen LogP contribution is 2.29. The first-order valence-corrected chi connectivity index (χ1v) is 9.08. The number of nitriles is 1. The van der Waals surface area contributed by atoms with Crippen LogP contribution < -0.4 is 20.1 Å². The fourth-order valence-corrected chi connectivity index (χ4v) is 2.66. The van der Waals surface area contributed by atoms with Crippen LogP contribution in [0.3, 0.4) is 0 Å². The summed E-state index contributed by atoms with van der Waals surface area (Å²) in [5.41, 5.74) is 1.72. The Bertz CT molecular complexity index is 977. The summed E-state index contributed by atoms with van der Waals surface area (Å²) >= 11 is 0. The van der Waals surface area contributed by atoms with Crippen molar-refractivity contribution in [3.63, 3.8) is 0 Å². The van der Waals surface area contributed by atoms with Gasteiger partial charge < -0.3 is 25.2 Å². The minimum absolute atomic E-state index is 0.0792. The fourth-order valence-electron chi connectivity index (χ4n) is 2.66. The predicted molar refractivity (Wildman–Crippen MR) is 110 cm³/mol. The molecule has 1 atom stereocenters. The first-order chi connectivity index (χ1) is 14.4. The number of nitrogens with zero attached hydrogens (tertiary/aromatic N) is 1. The number of nitrogens with one attached hydrogen (secondary N) is 2. The Morgan fingerprint density at radius 1 is 1.13 bits per heavy atom. The zero-order chi connectivity index (χ0) is 22.1. The summed E-state index contributed by atoms with van der Waals surface area (Å²) < 4.78 is 10.5. The van der Waals surface area contributed by atoms with E-state index >= 15 is 0 Å². The summed E-state index contributed by atoms with van der Waals surface area (Å²) in [6, 6.07) is 13.1. The molecule has 0 bridgehead atoms. The van der Waals surface area contributed by atoms with E-state index in [2.05, 4.69) is 10.6 Å². The van der Waals surface area contributed by atoms with Gasteiger partial charge in [0, 0.05) is 12.7 Å². The highest BCUT2D eigenvalue weighted by Gasteiger charge is 2.15. The summed E-state index contributed by atoms with van der Waals surface area (Å²) in [5, 5.41) is 23.9. The monoisotopic (exact) mass is 409 g/mol. The highest BCUT2D eigenvalue weighted by molar-refractivity contribution is 5.97. The lowest BCUT2D eigenvalue weighted by Gasteiger charge is -2.16. The van der Waals surface area contributed by atoms with E-state index in [0.717, 1.165) is 11.1 Å². The number of benzene rings is 2. The Kier molecular flexibility index (Phi) is 7.82. The van der Waals surface area contributed by atoms with Crippen molar-refractivity contribution >= 4 is 11.9 Å². The molecule has 0 aliphatic carbocycles. The average molecular weight is 409 g/mol. The van der Waals surface area contributed by atoms with Crippen molar-refractivity contribution in [2.45, 2.75) is 19.5 Å². The van der Waals surface area contributed by atoms with E-state index in [1.807, 2.05) is 6.07 Å². The molecule has 2 aromatic carbocycles. The molecule has 8 nitrogen and oxygen atoms in total. The van der Waals surface area contributed by atoms with E-state index in [-0.39, 0.29) is 17.2 Å². The number of carboxylic acids is 1. The molecule has 0 saturated carbocycles. The van der Waals surface area contributed by atoms with E-state index in [4.69, 9.17) is 14.6 Å². The van der Waals surface area contributed by atoms with E-state index in [1.165, 1.54) is 25.4 Å². The first-order valence-electron chi connectivity index (χ1n) is 9.08. The molecule has 0 radical (unpaired) electrons. The Morgan fingerprint density at radius 3 is 2.37 bits per heavy atom. The van der Waals surface area contributed by atoms with Crippen LogP contribution in [0.2, 0.25) is 0 Å². The molecule has 8 heteroatoms. The standard InChI is InChI=1S/C22H23N3O5/c1-14(17-8-9-19(29-2)20(10-17)30-3)25-21(26)18(11-23)13-24-12-15-4-6-16(7-5-15)22(27)28/h4-10,13-14,24H,12H2,1-3H3,(H,25,26)(H,27,28)/b18-13-. The molecule has 2 aromatic rings. The van der Waals surface area contributed by atoms with Crippen molar-refractivity contribution in [3.05, 3.63) is 70.9 Å². The van der Waals surface area contributed by atoms with Crippen molar-refractivity contribution in [2.24, 2.45) is 0 Å². The van der Waals surface area contributed by atoms with Crippen LogP contribution in [-0.2, 0) is 11.3 Å². The van der Waals surface area contributed by atoms with Gasteiger partial charge in [0.1, 0.15) is 11.6 Å². The van der Waals surface area contributed by atoms with Gasteiger partial charge in [0.25, 0.3) is 5.91 Å². The van der Waals surface area contributed by atoms with Gasteiger partial charge in [0.2, 0.25) is 0 Å². The van der Waals surface area contributed by atoms with Crippen LogP contribution in [0.15, 0.2) is 54.2 Å². The van der Waals surface area contributed by atoms with Gasteiger partial charge in [-0.05, 0) is 42.3 Å². The van der Waals surface area contributed by atoms with Crippen LogP contribution in [0.4, 0.5) is 0 Å². The summed E-state index contributed by atoms with van der Waals surface area (Å²) in [6.45, 7) is 2.13. The smallest absolute Gasteiger partial charge is 0.335 e. The number of aromatic carboxylic acids is 1. The highest BCUT2D eigenvalue weighted by atomic mass is 16.5. The van der Waals surface area contributed by atoms with E-state index in [0.29, 0.717) is 18.0 Å². The number of carboxylic acid groups (broad SMARTS) is 1. The number of carbonyl (C=O) groups is 2. The maximum absolute atomic E-state index is 12.4. The van der Waals surface area contributed by atoms with Crippen LogP contribution in [0, 0.1) is 11.3 Å². The molecule has 2 rings (SSSR count). The predicted octanol–water partition coefficient (Wildman–Crippen LogP) is 2.78. The molecular formula is C22H23N3O5. The van der Waals surface area contributed by atoms with Gasteiger partial charge >= 0.3 is 5.97 Å². The molecule has 0 saturated heterocycles. The largest absolute Gasteiger partial charge is 0.493 e.